The van der Waals surface area contributed by atoms with Crippen molar-refractivity contribution in [1.82, 2.24) is 0 Å². The van der Waals surface area contributed by atoms with E-state index >= 15 is 0 Å². The molecule has 0 heterocycles. The molecular weight excluding hydrogens is 862 g/mol. The number of hydrogen-bond donors (Lipinski definition) is 4. The summed E-state index contributed by atoms with van der Waals surface area (Å²) in [6.45, 7) is 1.39. The Balaban J connectivity index is 4.77. The fraction of sp³-hybridized carbons (Fsp3) is 0.562. The first kappa shape index (κ1) is 60.5. The molecule has 4 N–H and O–H groups in total. The number of ketones is 1. The maximum Gasteiger partial charge on any atom is 0.472 e. The molecule has 0 aromatic heterocycles. The number of phosphoric ester groups is 2. The molecule has 0 radical (unpaired) electrons. The zero-order valence-corrected chi connectivity index (χ0v) is 39.9. The second-order valence-corrected chi connectivity index (χ2v) is 17.3. The highest BCUT2D eigenvalue weighted by molar-refractivity contribution is 7.47. The molecule has 1 unspecified atom stereocenters. The van der Waals surface area contributed by atoms with Crippen molar-refractivity contribution >= 4 is 33.4 Å². The van der Waals surface area contributed by atoms with Crippen LogP contribution in [0.5, 0.6) is 0 Å². The molecule has 16 heteroatoms. The average molecular weight is 939 g/mol. The number of carbonyl (C=O) groups is 3. The average Bonchev–Trinajstić information content (AvgIpc) is 3.25. The van der Waals surface area contributed by atoms with Gasteiger partial charge in [0.2, 0.25) is 0 Å². The number of hydrogen-bond acceptors (Lipinski definition) is 11. The minimum Gasteiger partial charge on any atom is -0.462 e. The number of phosphoric acid groups is 2. The van der Waals surface area contributed by atoms with E-state index in [1.54, 1.807) is 12.2 Å². The molecule has 64 heavy (non-hydrogen) atoms. The molecule has 362 valence electrons. The maximum atomic E-state index is 12.6. The number of aliphatic hydroxyl groups is 1. The van der Waals surface area contributed by atoms with Crippen LogP contribution in [0.1, 0.15) is 136 Å². The zero-order valence-electron chi connectivity index (χ0n) is 38.1. The van der Waals surface area contributed by atoms with Crippen molar-refractivity contribution < 1.29 is 66.3 Å². The summed E-state index contributed by atoms with van der Waals surface area (Å²) in [5.41, 5.74) is 0. The number of allylic oxidation sites excluding steroid dienone is 18. The summed E-state index contributed by atoms with van der Waals surface area (Å²) < 4.78 is 47.6. The number of ether oxygens (including phenoxy) is 2. The number of carbonyl (C=O) groups excluding carboxylic acids is 3. The van der Waals surface area contributed by atoms with Gasteiger partial charge in [-0.3, -0.25) is 28.0 Å². The van der Waals surface area contributed by atoms with E-state index in [0.717, 1.165) is 51.4 Å². The van der Waals surface area contributed by atoms with Crippen molar-refractivity contribution in [1.29, 1.82) is 0 Å². The van der Waals surface area contributed by atoms with E-state index in [2.05, 4.69) is 65.4 Å². The lowest BCUT2D eigenvalue weighted by Gasteiger charge is -2.20. The van der Waals surface area contributed by atoms with Gasteiger partial charge >= 0.3 is 27.6 Å². The Labute approximate surface area is 382 Å². The van der Waals surface area contributed by atoms with Crippen LogP contribution in [0.3, 0.4) is 0 Å². The topological polar surface area (TPSA) is 212 Å². The molecule has 0 aliphatic rings. The first-order valence-corrected chi connectivity index (χ1v) is 25.6. The molecular formula is C48H76O14P2. The van der Waals surface area contributed by atoms with E-state index in [4.69, 9.17) is 23.8 Å². The summed E-state index contributed by atoms with van der Waals surface area (Å²) in [6.07, 6.45) is 48.0. The fourth-order valence-electron chi connectivity index (χ4n) is 5.16. The Kier molecular flexibility index (Phi) is 39.8. The van der Waals surface area contributed by atoms with Crippen molar-refractivity contribution in [2.45, 2.75) is 148 Å². The van der Waals surface area contributed by atoms with Gasteiger partial charge < -0.3 is 29.3 Å². The number of rotatable bonds is 41. The molecule has 0 aromatic carbocycles. The lowest BCUT2D eigenvalue weighted by atomic mass is 10.1. The summed E-state index contributed by atoms with van der Waals surface area (Å²) in [4.78, 5) is 64.4. The summed E-state index contributed by atoms with van der Waals surface area (Å²) in [7, 11) is -9.75. The van der Waals surface area contributed by atoms with Gasteiger partial charge in [-0.15, -0.1) is 0 Å². The van der Waals surface area contributed by atoms with Crippen molar-refractivity contribution in [2.24, 2.45) is 0 Å². The first-order valence-electron chi connectivity index (χ1n) is 22.5. The van der Waals surface area contributed by atoms with Crippen molar-refractivity contribution in [3.05, 3.63) is 109 Å². The highest BCUT2D eigenvalue weighted by Crippen LogP contribution is 2.43. The second-order valence-electron chi connectivity index (χ2n) is 14.6. The largest absolute Gasteiger partial charge is 0.472 e. The monoisotopic (exact) mass is 938 g/mol. The Hall–Kier alpha value is -3.55. The maximum absolute atomic E-state index is 12.6. The lowest BCUT2D eigenvalue weighted by molar-refractivity contribution is -0.161. The Morgan fingerprint density at radius 3 is 1.55 bits per heavy atom. The van der Waals surface area contributed by atoms with Crippen LogP contribution in [-0.4, -0.2) is 76.1 Å². The Morgan fingerprint density at radius 2 is 0.984 bits per heavy atom. The second kappa shape index (κ2) is 42.1. The van der Waals surface area contributed by atoms with Crippen LogP contribution in [-0.2, 0) is 46.6 Å². The Morgan fingerprint density at radius 1 is 0.500 bits per heavy atom. The van der Waals surface area contributed by atoms with Gasteiger partial charge in [-0.2, -0.15) is 0 Å². The molecule has 0 saturated heterocycles. The third-order valence-corrected chi connectivity index (χ3v) is 10.1. The van der Waals surface area contributed by atoms with E-state index in [1.807, 2.05) is 54.7 Å². The van der Waals surface area contributed by atoms with Gasteiger partial charge in [0.05, 0.1) is 19.8 Å². The fourth-order valence-corrected chi connectivity index (χ4v) is 6.31. The van der Waals surface area contributed by atoms with Crippen LogP contribution in [0.15, 0.2) is 109 Å². The standard InChI is InChI=1S/C48H76O14P2/c1-3-5-7-8-9-10-11-12-13-14-15-16-17-18-21-24-27-30-34-38-47(51)58-42-46(43-61-64(56,57)60-41-45(50)40-59-63(53,54)55)62-48(52)39-35-31-28-25-22-19-20-23-26-29-33-37-44(49)36-32-6-4-2/h9-10,12-13,15-16,18-21,25-30,33,37,45-46,50H,3-8,11,14,17,22-24,31-32,34-36,38-43H2,1-2H3,(H,56,57)(H2,53,54,55)/b10-9-,13-12-,16-15-,20-19-,21-18-,28-25-,29-26-,30-27-,37-33+/t45-,46+/m0/s1. The van der Waals surface area contributed by atoms with Crippen LogP contribution in [0.25, 0.3) is 0 Å². The molecule has 0 amide bonds. The zero-order chi connectivity index (χ0) is 47.4. The van der Waals surface area contributed by atoms with Gasteiger partial charge in [-0.1, -0.05) is 143 Å². The molecule has 0 fully saturated rings. The minimum absolute atomic E-state index is 0.00727. The molecule has 0 bridgehead atoms. The molecule has 0 spiro atoms. The molecule has 0 rings (SSSR count). The van der Waals surface area contributed by atoms with Gasteiger partial charge in [0.1, 0.15) is 12.7 Å². The van der Waals surface area contributed by atoms with E-state index in [0.29, 0.717) is 38.5 Å². The van der Waals surface area contributed by atoms with Gasteiger partial charge in [0.15, 0.2) is 11.9 Å². The molecule has 14 nitrogen and oxygen atoms in total. The molecule has 0 saturated carbocycles. The van der Waals surface area contributed by atoms with Crippen LogP contribution in [0.4, 0.5) is 0 Å². The van der Waals surface area contributed by atoms with E-state index in [9.17, 15) is 33.5 Å². The molecule has 0 aliphatic heterocycles. The number of aliphatic hydroxyl groups excluding tert-OH is 1. The molecule has 3 atom stereocenters. The summed E-state index contributed by atoms with van der Waals surface area (Å²) >= 11 is 0. The number of unbranched alkanes of at least 4 members (excludes halogenated alkanes) is 6. The van der Waals surface area contributed by atoms with Crippen molar-refractivity contribution in [3.63, 3.8) is 0 Å². The van der Waals surface area contributed by atoms with Gasteiger partial charge in [0, 0.05) is 19.3 Å². The predicted molar refractivity (Wildman–Crippen MR) is 253 cm³/mol. The van der Waals surface area contributed by atoms with Crippen LogP contribution in [0.2, 0.25) is 0 Å². The SMILES string of the molecule is CCCCC/C=C\C/C=C\C/C=C\C/C=C\C/C=C\CCC(=O)OC[C@H](COP(=O)(O)OC[C@@H](O)COP(=O)(O)O)OC(=O)CCC/C=C\C/C=C\C/C=C\C=C\C(=O)CCCCC. The normalized spacial score (nSPS) is 14.8. The highest BCUT2D eigenvalue weighted by atomic mass is 31.2. The molecule has 0 aliphatic carbocycles. The third-order valence-electron chi connectivity index (χ3n) is 8.61. The van der Waals surface area contributed by atoms with Crippen LogP contribution < -0.4 is 0 Å². The van der Waals surface area contributed by atoms with Crippen molar-refractivity contribution in [3.8, 4) is 0 Å². The number of esters is 2. The summed E-state index contributed by atoms with van der Waals surface area (Å²) in [6, 6.07) is 0. The van der Waals surface area contributed by atoms with E-state index in [-0.39, 0.29) is 18.6 Å². The third kappa shape index (κ3) is 45.0. The van der Waals surface area contributed by atoms with Crippen LogP contribution >= 0.6 is 15.6 Å². The Bertz CT molecular complexity index is 1600. The summed E-state index contributed by atoms with van der Waals surface area (Å²) in [5, 5.41) is 9.75. The highest BCUT2D eigenvalue weighted by Gasteiger charge is 2.28. The van der Waals surface area contributed by atoms with E-state index in [1.165, 1.54) is 19.3 Å². The van der Waals surface area contributed by atoms with Crippen molar-refractivity contribution in [2.75, 3.05) is 26.4 Å². The lowest BCUT2D eigenvalue weighted by Crippen LogP contribution is -2.29. The first-order chi connectivity index (χ1) is 30.8. The predicted octanol–water partition coefficient (Wildman–Crippen LogP) is 11.1. The summed E-state index contributed by atoms with van der Waals surface area (Å²) in [5.74, 6) is -1.10. The smallest absolute Gasteiger partial charge is 0.462 e. The molecule has 0 aromatic rings. The van der Waals surface area contributed by atoms with Gasteiger partial charge in [-0.05, 0) is 83.1 Å². The van der Waals surface area contributed by atoms with Crippen LogP contribution in [0, 0.1) is 0 Å². The van der Waals surface area contributed by atoms with Gasteiger partial charge in [-0.25, -0.2) is 9.13 Å². The quantitative estimate of drug-likeness (QED) is 0.0112. The van der Waals surface area contributed by atoms with E-state index < -0.39 is 66.2 Å². The minimum atomic E-state index is -4.89. The van der Waals surface area contributed by atoms with Gasteiger partial charge in [0.25, 0.3) is 0 Å².